The molecule has 9 heteroatoms. The molecule has 1 aliphatic heterocycles. The van der Waals surface area contributed by atoms with E-state index in [2.05, 4.69) is 4.98 Å². The average molecular weight is 362 g/mol. The van der Waals surface area contributed by atoms with Gasteiger partial charge in [0.1, 0.15) is 0 Å². The highest BCUT2D eigenvalue weighted by Gasteiger charge is 2.41. The molecule has 3 nitrogen and oxygen atoms in total. The standard InChI is InChI=1S/C16H12F6N2O/c1-8-12(16(20,21)22)13-10(4-5-23-13)11-3-2-9(6-15(17,18)19)24(7-25)14(8)11/h2-5,7,9,23H,6H2,1H3. The first-order valence-corrected chi connectivity index (χ1v) is 7.24. The Morgan fingerprint density at radius 2 is 1.92 bits per heavy atom. The number of hydrogen-bond donors (Lipinski definition) is 1. The summed E-state index contributed by atoms with van der Waals surface area (Å²) in [5, 5.41) is 0.196. The normalized spacial score (nSPS) is 17.9. The quantitative estimate of drug-likeness (QED) is 0.604. The number of halogens is 6. The lowest BCUT2D eigenvalue weighted by Crippen LogP contribution is -2.39. The molecule has 3 rings (SSSR count). The highest BCUT2D eigenvalue weighted by atomic mass is 19.4. The topological polar surface area (TPSA) is 36.1 Å². The number of carbonyl (C=O) groups excluding carboxylic acids is 1. The number of alkyl halides is 6. The fourth-order valence-corrected chi connectivity index (χ4v) is 3.29. The molecule has 1 atom stereocenters. The summed E-state index contributed by atoms with van der Waals surface area (Å²) in [7, 11) is 0. The van der Waals surface area contributed by atoms with E-state index in [1.807, 2.05) is 0 Å². The molecule has 0 bridgehead atoms. The molecule has 0 saturated heterocycles. The van der Waals surface area contributed by atoms with Crippen molar-refractivity contribution in [2.75, 3.05) is 4.90 Å². The summed E-state index contributed by atoms with van der Waals surface area (Å²) in [5.41, 5.74) is -1.30. The van der Waals surface area contributed by atoms with Crippen molar-refractivity contribution < 1.29 is 31.1 Å². The maximum Gasteiger partial charge on any atom is 0.418 e. The Bertz CT molecular complexity index is 862. The van der Waals surface area contributed by atoms with Crippen molar-refractivity contribution in [3.8, 4) is 0 Å². The maximum absolute atomic E-state index is 13.5. The zero-order valence-corrected chi connectivity index (χ0v) is 12.8. The smallest absolute Gasteiger partial charge is 0.361 e. The largest absolute Gasteiger partial charge is 0.418 e. The average Bonchev–Trinajstić information content (AvgIpc) is 2.93. The van der Waals surface area contributed by atoms with Crippen LogP contribution in [0.15, 0.2) is 18.3 Å². The number of aromatic amines is 1. The predicted molar refractivity (Wildman–Crippen MR) is 80.1 cm³/mol. The molecule has 25 heavy (non-hydrogen) atoms. The van der Waals surface area contributed by atoms with Crippen LogP contribution >= 0.6 is 0 Å². The van der Waals surface area contributed by atoms with E-state index in [9.17, 15) is 31.1 Å². The third-order valence-corrected chi connectivity index (χ3v) is 4.21. The Balaban J connectivity index is 2.29. The second kappa shape index (κ2) is 5.53. The summed E-state index contributed by atoms with van der Waals surface area (Å²) in [6.07, 6.45) is -6.64. The molecule has 1 amide bonds. The van der Waals surface area contributed by atoms with Crippen molar-refractivity contribution in [1.29, 1.82) is 0 Å². The summed E-state index contributed by atoms with van der Waals surface area (Å²) < 4.78 is 78.7. The fourth-order valence-electron chi connectivity index (χ4n) is 3.29. The zero-order valence-electron chi connectivity index (χ0n) is 12.8. The Hall–Kier alpha value is -2.45. The molecule has 0 spiro atoms. The van der Waals surface area contributed by atoms with Crippen LogP contribution in [0.25, 0.3) is 17.0 Å². The van der Waals surface area contributed by atoms with Gasteiger partial charge >= 0.3 is 12.4 Å². The second-order valence-electron chi connectivity index (χ2n) is 5.78. The third-order valence-electron chi connectivity index (χ3n) is 4.21. The molecule has 2 heterocycles. The Labute approximate surface area is 137 Å². The van der Waals surface area contributed by atoms with Crippen molar-refractivity contribution in [2.45, 2.75) is 31.7 Å². The summed E-state index contributed by atoms with van der Waals surface area (Å²) in [6.45, 7) is 1.16. The molecule has 134 valence electrons. The van der Waals surface area contributed by atoms with E-state index in [0.29, 0.717) is 0 Å². The molecule has 1 aromatic carbocycles. The molecular weight excluding hydrogens is 350 g/mol. The van der Waals surface area contributed by atoms with E-state index in [1.54, 1.807) is 0 Å². The Kier molecular flexibility index (Phi) is 3.85. The molecule has 1 aliphatic rings. The van der Waals surface area contributed by atoms with E-state index in [-0.39, 0.29) is 34.1 Å². The Morgan fingerprint density at radius 1 is 1.24 bits per heavy atom. The van der Waals surface area contributed by atoms with E-state index in [0.717, 1.165) is 11.8 Å². The number of nitrogens with zero attached hydrogens (tertiary/aromatic N) is 1. The third kappa shape index (κ3) is 2.87. The van der Waals surface area contributed by atoms with Gasteiger partial charge in [-0.15, -0.1) is 0 Å². The SMILES string of the molecule is Cc1c2c(c3cc[nH]c3c1C(F)(F)F)C=CC(CC(F)(F)F)N2C=O. The van der Waals surface area contributed by atoms with Crippen molar-refractivity contribution in [2.24, 2.45) is 0 Å². The number of benzene rings is 1. The van der Waals surface area contributed by atoms with Gasteiger partial charge in [0.15, 0.2) is 0 Å². The number of H-pyrrole nitrogens is 1. The lowest BCUT2D eigenvalue weighted by atomic mass is 9.91. The highest BCUT2D eigenvalue weighted by Crippen LogP contribution is 2.46. The Morgan fingerprint density at radius 3 is 2.48 bits per heavy atom. The molecule has 1 N–H and O–H groups in total. The lowest BCUT2D eigenvalue weighted by Gasteiger charge is -2.34. The van der Waals surface area contributed by atoms with Crippen LogP contribution in [0.5, 0.6) is 0 Å². The first-order chi connectivity index (χ1) is 11.5. The number of amides is 1. The van der Waals surface area contributed by atoms with Gasteiger partial charge in [0.05, 0.1) is 29.2 Å². The van der Waals surface area contributed by atoms with Crippen molar-refractivity contribution in [3.05, 3.63) is 35.0 Å². The van der Waals surface area contributed by atoms with Gasteiger partial charge in [-0.05, 0) is 18.6 Å². The number of rotatable bonds is 2. The van der Waals surface area contributed by atoms with Gasteiger partial charge < -0.3 is 9.88 Å². The minimum Gasteiger partial charge on any atom is -0.361 e. The molecule has 2 aromatic rings. The van der Waals surface area contributed by atoms with Gasteiger partial charge in [-0.2, -0.15) is 26.3 Å². The number of anilines is 1. The first-order valence-electron chi connectivity index (χ1n) is 7.24. The highest BCUT2D eigenvalue weighted by molar-refractivity contribution is 6.02. The van der Waals surface area contributed by atoms with Gasteiger partial charge in [0.25, 0.3) is 0 Å². The lowest BCUT2D eigenvalue weighted by molar-refractivity contribution is -0.138. The van der Waals surface area contributed by atoms with Crippen molar-refractivity contribution in [1.82, 2.24) is 4.98 Å². The van der Waals surface area contributed by atoms with Crippen LogP contribution in [0.4, 0.5) is 32.0 Å². The van der Waals surface area contributed by atoms with Crippen LogP contribution < -0.4 is 4.90 Å². The van der Waals surface area contributed by atoms with Crippen LogP contribution in [0, 0.1) is 6.92 Å². The van der Waals surface area contributed by atoms with Gasteiger partial charge in [0.2, 0.25) is 6.41 Å². The number of carbonyl (C=O) groups is 1. The molecular formula is C16H12F6N2O. The van der Waals surface area contributed by atoms with E-state index < -0.39 is 30.4 Å². The van der Waals surface area contributed by atoms with E-state index in [1.165, 1.54) is 24.4 Å². The summed E-state index contributed by atoms with van der Waals surface area (Å²) in [5.74, 6) is 0. The second-order valence-corrected chi connectivity index (χ2v) is 5.78. The van der Waals surface area contributed by atoms with Crippen LogP contribution in [0.2, 0.25) is 0 Å². The van der Waals surface area contributed by atoms with Gasteiger partial charge in [0, 0.05) is 17.1 Å². The minimum atomic E-state index is -4.72. The van der Waals surface area contributed by atoms with E-state index in [4.69, 9.17) is 0 Å². The number of nitrogens with one attached hydrogen (secondary N) is 1. The van der Waals surface area contributed by atoms with Crippen LogP contribution in [-0.2, 0) is 11.0 Å². The molecule has 1 aromatic heterocycles. The summed E-state index contributed by atoms with van der Waals surface area (Å²) in [4.78, 5) is 14.7. The first kappa shape index (κ1) is 17.4. The number of fused-ring (bicyclic) bond motifs is 3. The zero-order chi connectivity index (χ0) is 18.6. The maximum atomic E-state index is 13.5. The molecule has 0 aliphatic carbocycles. The monoisotopic (exact) mass is 362 g/mol. The number of aromatic nitrogens is 1. The molecule has 0 saturated carbocycles. The van der Waals surface area contributed by atoms with Crippen LogP contribution in [0.3, 0.4) is 0 Å². The van der Waals surface area contributed by atoms with Crippen molar-refractivity contribution in [3.63, 3.8) is 0 Å². The number of hydrogen-bond acceptors (Lipinski definition) is 1. The summed E-state index contributed by atoms with van der Waals surface area (Å²) >= 11 is 0. The molecule has 1 unspecified atom stereocenters. The van der Waals surface area contributed by atoms with Crippen molar-refractivity contribution >= 4 is 29.1 Å². The molecule has 0 radical (unpaired) electrons. The van der Waals surface area contributed by atoms with E-state index >= 15 is 0 Å². The van der Waals surface area contributed by atoms with Gasteiger partial charge in [-0.3, -0.25) is 4.79 Å². The predicted octanol–water partition coefficient (Wildman–Crippen LogP) is 4.81. The fraction of sp³-hybridized carbons (Fsp3) is 0.312. The minimum absolute atomic E-state index is 0.143. The van der Waals surface area contributed by atoms with Gasteiger partial charge in [-0.1, -0.05) is 12.2 Å². The van der Waals surface area contributed by atoms with Crippen LogP contribution in [0.1, 0.15) is 23.1 Å². The van der Waals surface area contributed by atoms with Crippen LogP contribution in [-0.4, -0.2) is 23.6 Å². The molecule has 0 fully saturated rings. The summed E-state index contributed by atoms with van der Waals surface area (Å²) in [6, 6.07) is 0.0152. The van der Waals surface area contributed by atoms with Gasteiger partial charge in [-0.25, -0.2) is 0 Å².